The van der Waals surface area contributed by atoms with Crippen molar-refractivity contribution in [2.45, 2.75) is 19.3 Å². The van der Waals surface area contributed by atoms with Crippen LogP contribution in [0.3, 0.4) is 0 Å². The zero-order chi connectivity index (χ0) is 46.3. The fraction of sp³-hybridized carbons (Fsp3) is 0.0448. The molecule has 0 bridgehead atoms. The van der Waals surface area contributed by atoms with Crippen molar-refractivity contribution < 1.29 is 0 Å². The summed E-state index contributed by atoms with van der Waals surface area (Å²) in [5.41, 5.74) is 20.9. The van der Waals surface area contributed by atoms with Crippen molar-refractivity contribution >= 4 is 44.9 Å². The summed E-state index contributed by atoms with van der Waals surface area (Å²) in [5.74, 6) is 0. The van der Waals surface area contributed by atoms with Crippen molar-refractivity contribution in [1.29, 1.82) is 0 Å². The minimum absolute atomic E-state index is 0.176. The van der Waals surface area contributed by atoms with Crippen molar-refractivity contribution in [2.75, 3.05) is 9.80 Å². The second-order valence-electron chi connectivity index (χ2n) is 18.5. The fourth-order valence-corrected chi connectivity index (χ4v) is 10.8. The van der Waals surface area contributed by atoms with Gasteiger partial charge >= 0.3 is 0 Å². The standard InChI is InChI=1S/C67H50N2/c1-67(2)62-38-21-20-35-60(62)61-41-40-54(46-63(61)67)68(52-30-14-6-15-31-52)55-43-51(65-57(47-23-8-3-9-24-47)36-22-37-58(65)48-25-10-4-11-26-48)44-56(45-55)69(53-32-16-7-17-33-53)64-42-39-49-27-18-19-34-59(49)66(64)50-28-12-5-13-29-50/h3-46H,1-2H3. The van der Waals surface area contributed by atoms with E-state index in [0.717, 1.165) is 45.3 Å². The normalized spacial score (nSPS) is 12.3. The predicted octanol–water partition coefficient (Wildman–Crippen LogP) is 18.8. The lowest BCUT2D eigenvalue weighted by molar-refractivity contribution is 0.660. The van der Waals surface area contributed by atoms with Crippen molar-refractivity contribution in [3.8, 4) is 55.6 Å². The van der Waals surface area contributed by atoms with Crippen molar-refractivity contribution in [3.05, 3.63) is 278 Å². The lowest BCUT2D eigenvalue weighted by Crippen LogP contribution is -2.17. The highest BCUT2D eigenvalue weighted by Gasteiger charge is 2.36. The molecule has 0 aliphatic heterocycles. The summed E-state index contributed by atoms with van der Waals surface area (Å²) in [6, 6.07) is 97.7. The molecule has 0 amide bonds. The van der Waals surface area contributed by atoms with E-state index >= 15 is 0 Å². The Morgan fingerprint density at radius 3 is 1.41 bits per heavy atom. The van der Waals surface area contributed by atoms with Gasteiger partial charge in [-0.2, -0.15) is 0 Å². The van der Waals surface area contributed by atoms with Crippen LogP contribution in [0.5, 0.6) is 0 Å². The zero-order valence-electron chi connectivity index (χ0n) is 38.8. The Labute approximate surface area is 405 Å². The highest BCUT2D eigenvalue weighted by Crippen LogP contribution is 2.53. The van der Waals surface area contributed by atoms with Gasteiger partial charge < -0.3 is 9.80 Å². The molecule has 11 aromatic rings. The molecule has 0 unspecified atom stereocenters. The van der Waals surface area contributed by atoms with E-state index in [2.05, 4.69) is 291 Å². The minimum Gasteiger partial charge on any atom is -0.310 e. The Hall–Kier alpha value is -8.72. The van der Waals surface area contributed by atoms with E-state index in [4.69, 9.17) is 0 Å². The molecular weight excluding hydrogens is 833 g/mol. The van der Waals surface area contributed by atoms with Crippen LogP contribution in [0.1, 0.15) is 25.0 Å². The summed E-state index contributed by atoms with van der Waals surface area (Å²) >= 11 is 0. The first-order valence-corrected chi connectivity index (χ1v) is 23.9. The van der Waals surface area contributed by atoms with Crippen LogP contribution in [0.25, 0.3) is 66.4 Å². The van der Waals surface area contributed by atoms with Crippen LogP contribution in [-0.4, -0.2) is 0 Å². The summed E-state index contributed by atoms with van der Waals surface area (Å²) < 4.78 is 0. The SMILES string of the molecule is CC1(C)c2ccccc2-c2ccc(N(c3ccccc3)c3cc(-c4c(-c5ccccc5)cccc4-c4ccccc4)cc(N(c4ccccc4)c4ccc5ccccc5c4-c4ccccc4)c3)cc21. The van der Waals surface area contributed by atoms with E-state index in [1.165, 1.54) is 66.4 Å². The molecule has 1 aliphatic rings. The molecule has 0 spiro atoms. The van der Waals surface area contributed by atoms with Crippen molar-refractivity contribution in [3.63, 3.8) is 0 Å². The predicted molar refractivity (Wildman–Crippen MR) is 293 cm³/mol. The molecule has 0 heterocycles. The Kier molecular flexibility index (Phi) is 10.6. The largest absolute Gasteiger partial charge is 0.310 e. The molecule has 0 saturated carbocycles. The number of para-hydroxylation sites is 2. The second-order valence-corrected chi connectivity index (χ2v) is 18.5. The molecule has 0 fully saturated rings. The first kappa shape index (κ1) is 41.7. The van der Waals surface area contributed by atoms with Crippen LogP contribution in [0.2, 0.25) is 0 Å². The van der Waals surface area contributed by atoms with Gasteiger partial charge in [-0.05, 0) is 133 Å². The minimum atomic E-state index is -0.176. The number of fused-ring (bicyclic) bond motifs is 4. The Morgan fingerprint density at radius 2 is 0.768 bits per heavy atom. The van der Waals surface area contributed by atoms with E-state index in [9.17, 15) is 0 Å². The molecule has 0 saturated heterocycles. The van der Waals surface area contributed by atoms with Crippen LogP contribution in [-0.2, 0) is 5.41 Å². The quantitative estimate of drug-likeness (QED) is 0.135. The molecule has 328 valence electrons. The summed E-state index contributed by atoms with van der Waals surface area (Å²) in [6.45, 7) is 4.73. The van der Waals surface area contributed by atoms with Gasteiger partial charge in [0, 0.05) is 39.4 Å². The molecule has 12 rings (SSSR count). The Bertz CT molecular complexity index is 3560. The Morgan fingerprint density at radius 1 is 0.275 bits per heavy atom. The molecule has 69 heavy (non-hydrogen) atoms. The summed E-state index contributed by atoms with van der Waals surface area (Å²) in [7, 11) is 0. The molecule has 0 atom stereocenters. The van der Waals surface area contributed by atoms with Crippen LogP contribution in [0.4, 0.5) is 34.1 Å². The number of hydrogen-bond acceptors (Lipinski definition) is 2. The molecule has 1 aliphatic carbocycles. The smallest absolute Gasteiger partial charge is 0.0546 e. The number of rotatable bonds is 10. The van der Waals surface area contributed by atoms with Gasteiger partial charge in [0.05, 0.1) is 5.69 Å². The van der Waals surface area contributed by atoms with E-state index in [1.54, 1.807) is 0 Å². The molecule has 2 heteroatoms. The van der Waals surface area contributed by atoms with Crippen molar-refractivity contribution in [2.24, 2.45) is 0 Å². The third-order valence-electron chi connectivity index (χ3n) is 14.0. The number of nitrogens with zero attached hydrogens (tertiary/aromatic N) is 2. The average Bonchev–Trinajstić information content (AvgIpc) is 3.64. The van der Waals surface area contributed by atoms with Gasteiger partial charge in [-0.15, -0.1) is 0 Å². The van der Waals surface area contributed by atoms with Gasteiger partial charge in [-0.1, -0.05) is 220 Å². The molecular formula is C67H50N2. The summed E-state index contributed by atoms with van der Waals surface area (Å²) in [4.78, 5) is 4.93. The third kappa shape index (κ3) is 7.48. The molecule has 0 radical (unpaired) electrons. The third-order valence-corrected chi connectivity index (χ3v) is 14.0. The fourth-order valence-electron chi connectivity index (χ4n) is 10.8. The molecule has 0 aromatic heterocycles. The summed E-state index contributed by atoms with van der Waals surface area (Å²) in [6.07, 6.45) is 0. The lowest BCUT2D eigenvalue weighted by atomic mass is 9.82. The Balaban J connectivity index is 1.19. The van der Waals surface area contributed by atoms with Crippen molar-refractivity contribution in [1.82, 2.24) is 0 Å². The van der Waals surface area contributed by atoms with E-state index in [1.807, 2.05) is 0 Å². The molecule has 2 nitrogen and oxygen atoms in total. The van der Waals surface area contributed by atoms with Gasteiger partial charge in [-0.25, -0.2) is 0 Å². The monoisotopic (exact) mass is 882 g/mol. The highest BCUT2D eigenvalue weighted by molar-refractivity contribution is 6.06. The maximum absolute atomic E-state index is 2.47. The number of hydrogen-bond donors (Lipinski definition) is 0. The first-order valence-electron chi connectivity index (χ1n) is 23.9. The van der Waals surface area contributed by atoms with Crippen LogP contribution in [0.15, 0.2) is 267 Å². The van der Waals surface area contributed by atoms with E-state index < -0.39 is 0 Å². The van der Waals surface area contributed by atoms with Crippen LogP contribution >= 0.6 is 0 Å². The first-order chi connectivity index (χ1) is 34.0. The lowest BCUT2D eigenvalue weighted by Gasteiger charge is -2.32. The van der Waals surface area contributed by atoms with Gasteiger partial charge in [0.1, 0.15) is 0 Å². The van der Waals surface area contributed by atoms with Gasteiger partial charge in [-0.3, -0.25) is 0 Å². The molecule has 0 N–H and O–H groups in total. The zero-order valence-corrected chi connectivity index (χ0v) is 38.8. The number of anilines is 6. The van der Waals surface area contributed by atoms with E-state index in [-0.39, 0.29) is 5.41 Å². The molecule has 11 aromatic carbocycles. The van der Waals surface area contributed by atoms with Gasteiger partial charge in [0.15, 0.2) is 0 Å². The second kappa shape index (κ2) is 17.5. The maximum Gasteiger partial charge on any atom is 0.0546 e. The summed E-state index contributed by atoms with van der Waals surface area (Å²) in [5, 5.41) is 2.40. The highest BCUT2D eigenvalue weighted by atomic mass is 15.2. The van der Waals surface area contributed by atoms with Crippen LogP contribution in [0, 0.1) is 0 Å². The number of benzene rings is 11. The maximum atomic E-state index is 2.47. The van der Waals surface area contributed by atoms with Crippen LogP contribution < -0.4 is 9.80 Å². The van der Waals surface area contributed by atoms with E-state index in [0.29, 0.717) is 0 Å². The van der Waals surface area contributed by atoms with Gasteiger partial charge in [0.25, 0.3) is 0 Å². The van der Waals surface area contributed by atoms with Gasteiger partial charge in [0.2, 0.25) is 0 Å². The average molecular weight is 883 g/mol. The topological polar surface area (TPSA) is 6.48 Å².